The molecule has 6 heteroatoms. The van der Waals surface area contributed by atoms with Gasteiger partial charge in [-0.1, -0.05) is 19.3 Å². The third-order valence-electron chi connectivity index (χ3n) is 5.76. The van der Waals surface area contributed by atoms with Crippen molar-refractivity contribution >= 4 is 17.7 Å². The maximum absolute atomic E-state index is 13.0. The van der Waals surface area contributed by atoms with E-state index in [0.717, 1.165) is 23.9 Å². The van der Waals surface area contributed by atoms with Gasteiger partial charge in [0.05, 0.1) is 17.9 Å². The summed E-state index contributed by atoms with van der Waals surface area (Å²) >= 11 is 1.77. The summed E-state index contributed by atoms with van der Waals surface area (Å²) in [5, 5.41) is 4.61. The number of hydrogen-bond donors (Lipinski definition) is 1. The molecule has 1 amide bonds. The van der Waals surface area contributed by atoms with Gasteiger partial charge in [0, 0.05) is 18.0 Å². The minimum atomic E-state index is -0.0397. The number of thioether (sulfide) groups is 1. The van der Waals surface area contributed by atoms with Crippen LogP contribution in [0, 0.1) is 0 Å². The number of carbonyl (C=O) groups excluding carboxylic acids is 1. The lowest BCUT2D eigenvalue weighted by Crippen LogP contribution is -2.40. The number of likely N-dealkylation sites (tertiary alicyclic amines) is 1. The molecule has 1 saturated heterocycles. The predicted molar refractivity (Wildman–Crippen MR) is 112 cm³/mol. The van der Waals surface area contributed by atoms with E-state index in [1.165, 1.54) is 44.9 Å². The number of amides is 1. The molecule has 3 heterocycles. The van der Waals surface area contributed by atoms with Crippen LogP contribution in [0.1, 0.15) is 67.1 Å². The Bertz CT molecular complexity index is 753. The molecule has 4 rings (SSSR count). The van der Waals surface area contributed by atoms with Crippen LogP contribution in [-0.4, -0.2) is 40.7 Å². The number of nitrogens with one attached hydrogen (secondary N) is 1. The second-order valence-corrected chi connectivity index (χ2v) is 9.01. The highest BCUT2D eigenvalue weighted by Gasteiger charge is 2.26. The lowest BCUT2D eigenvalue weighted by atomic mass is 10.1. The van der Waals surface area contributed by atoms with Crippen LogP contribution in [0.4, 0.5) is 0 Å². The summed E-state index contributed by atoms with van der Waals surface area (Å²) < 4.78 is 5.69. The molecule has 1 atom stereocenters. The first-order chi connectivity index (χ1) is 13.8. The third-order valence-corrected chi connectivity index (χ3v) is 7.11. The minimum Gasteiger partial charge on any atom is -0.468 e. The summed E-state index contributed by atoms with van der Waals surface area (Å²) in [7, 11) is 0. The fourth-order valence-corrected chi connectivity index (χ4v) is 5.52. The number of aromatic nitrogens is 1. The standard InChI is InChI=1S/C22H29N3O2S/c26-21(18-10-6-12-23-22(18)28-17-8-2-3-9-17)24-16-19(20-11-7-15-27-20)25-13-4-1-5-14-25/h6-7,10-12,15,17,19H,1-5,8-9,13-14,16H2,(H,24,26)/t19-/m1/s1. The number of pyridine rings is 1. The average molecular weight is 400 g/mol. The molecule has 150 valence electrons. The van der Waals surface area contributed by atoms with Gasteiger partial charge in [-0.15, -0.1) is 11.8 Å². The van der Waals surface area contributed by atoms with Gasteiger partial charge in [0.15, 0.2) is 0 Å². The maximum Gasteiger partial charge on any atom is 0.254 e. The zero-order chi connectivity index (χ0) is 19.2. The van der Waals surface area contributed by atoms with Gasteiger partial charge < -0.3 is 9.73 Å². The second kappa shape index (κ2) is 9.61. The molecule has 2 aliphatic rings. The lowest BCUT2D eigenvalue weighted by Gasteiger charge is -2.33. The fraction of sp³-hybridized carbons (Fsp3) is 0.545. The Morgan fingerprint density at radius 2 is 2.00 bits per heavy atom. The van der Waals surface area contributed by atoms with Crippen LogP contribution in [-0.2, 0) is 0 Å². The molecule has 1 aliphatic carbocycles. The summed E-state index contributed by atoms with van der Waals surface area (Å²) in [6.07, 6.45) is 12.2. The second-order valence-electron chi connectivity index (χ2n) is 7.72. The Balaban J connectivity index is 1.43. The van der Waals surface area contributed by atoms with E-state index < -0.39 is 0 Å². The number of carbonyl (C=O) groups is 1. The highest BCUT2D eigenvalue weighted by molar-refractivity contribution is 7.99. The van der Waals surface area contributed by atoms with Crippen molar-refractivity contribution in [2.45, 2.75) is 61.3 Å². The Morgan fingerprint density at radius 1 is 1.18 bits per heavy atom. The third kappa shape index (κ3) is 4.78. The van der Waals surface area contributed by atoms with Crippen LogP contribution in [0.15, 0.2) is 46.2 Å². The van der Waals surface area contributed by atoms with Crippen molar-refractivity contribution < 1.29 is 9.21 Å². The van der Waals surface area contributed by atoms with E-state index in [0.29, 0.717) is 17.4 Å². The topological polar surface area (TPSA) is 58.4 Å². The van der Waals surface area contributed by atoms with Crippen molar-refractivity contribution in [3.8, 4) is 0 Å². The number of nitrogens with zero attached hydrogens (tertiary/aromatic N) is 2. The Morgan fingerprint density at radius 3 is 2.75 bits per heavy atom. The fourth-order valence-electron chi connectivity index (χ4n) is 4.23. The largest absolute Gasteiger partial charge is 0.468 e. The van der Waals surface area contributed by atoms with Gasteiger partial charge >= 0.3 is 0 Å². The molecule has 5 nitrogen and oxygen atoms in total. The summed E-state index contributed by atoms with van der Waals surface area (Å²) in [5.74, 6) is 0.885. The van der Waals surface area contributed by atoms with E-state index in [9.17, 15) is 4.79 Å². The van der Waals surface area contributed by atoms with Crippen LogP contribution >= 0.6 is 11.8 Å². The number of furan rings is 1. The summed E-state index contributed by atoms with van der Waals surface area (Å²) in [6, 6.07) is 7.76. The molecule has 1 saturated carbocycles. The summed E-state index contributed by atoms with van der Waals surface area (Å²) in [5.41, 5.74) is 0.691. The summed E-state index contributed by atoms with van der Waals surface area (Å²) in [6.45, 7) is 2.66. The van der Waals surface area contributed by atoms with Gasteiger partial charge in [-0.2, -0.15) is 0 Å². The predicted octanol–water partition coefficient (Wildman–Crippen LogP) is 4.67. The first-order valence-corrected chi connectivity index (χ1v) is 11.4. The van der Waals surface area contributed by atoms with E-state index in [1.54, 1.807) is 24.2 Å². The monoisotopic (exact) mass is 399 g/mol. The SMILES string of the molecule is O=C(NC[C@H](c1ccco1)N1CCCCC1)c1cccnc1SC1CCCC1. The van der Waals surface area contributed by atoms with Crippen molar-refractivity contribution in [1.29, 1.82) is 0 Å². The number of hydrogen-bond acceptors (Lipinski definition) is 5. The van der Waals surface area contributed by atoms with E-state index in [2.05, 4.69) is 15.2 Å². The van der Waals surface area contributed by atoms with Crippen LogP contribution in [0.25, 0.3) is 0 Å². The highest BCUT2D eigenvalue weighted by atomic mass is 32.2. The van der Waals surface area contributed by atoms with Gasteiger partial charge in [-0.25, -0.2) is 4.98 Å². The smallest absolute Gasteiger partial charge is 0.254 e. The van der Waals surface area contributed by atoms with E-state index in [1.807, 2.05) is 24.3 Å². The Labute approximate surface area is 171 Å². The van der Waals surface area contributed by atoms with Crippen LogP contribution in [0.2, 0.25) is 0 Å². The van der Waals surface area contributed by atoms with Gasteiger partial charge in [-0.05, 0) is 63.0 Å². The average Bonchev–Trinajstić information content (AvgIpc) is 3.44. The van der Waals surface area contributed by atoms with E-state index in [-0.39, 0.29) is 11.9 Å². The molecule has 0 spiro atoms. The van der Waals surface area contributed by atoms with Crippen molar-refractivity contribution in [3.63, 3.8) is 0 Å². The van der Waals surface area contributed by atoms with Crippen LogP contribution < -0.4 is 5.32 Å². The molecular formula is C22H29N3O2S. The van der Waals surface area contributed by atoms with Crippen molar-refractivity contribution in [2.24, 2.45) is 0 Å². The van der Waals surface area contributed by atoms with Crippen molar-refractivity contribution in [2.75, 3.05) is 19.6 Å². The minimum absolute atomic E-state index is 0.0397. The Hall–Kier alpha value is -1.79. The molecule has 0 unspecified atom stereocenters. The Kier molecular flexibility index (Phi) is 6.70. The maximum atomic E-state index is 13.0. The van der Waals surface area contributed by atoms with Gasteiger partial charge in [0.1, 0.15) is 10.8 Å². The highest BCUT2D eigenvalue weighted by Crippen LogP contribution is 2.35. The number of rotatable bonds is 7. The van der Waals surface area contributed by atoms with E-state index in [4.69, 9.17) is 4.42 Å². The van der Waals surface area contributed by atoms with Crippen LogP contribution in [0.5, 0.6) is 0 Å². The molecule has 0 bridgehead atoms. The molecule has 2 aromatic rings. The molecule has 2 aromatic heterocycles. The molecule has 2 fully saturated rings. The van der Waals surface area contributed by atoms with Gasteiger partial charge in [0.25, 0.3) is 5.91 Å². The first-order valence-electron chi connectivity index (χ1n) is 10.5. The van der Waals surface area contributed by atoms with Gasteiger partial charge in [-0.3, -0.25) is 9.69 Å². The quantitative estimate of drug-likeness (QED) is 0.733. The summed E-state index contributed by atoms with van der Waals surface area (Å²) in [4.78, 5) is 19.9. The molecule has 1 aliphatic heterocycles. The van der Waals surface area contributed by atoms with Crippen molar-refractivity contribution in [1.82, 2.24) is 15.2 Å². The zero-order valence-corrected chi connectivity index (χ0v) is 17.1. The zero-order valence-electron chi connectivity index (χ0n) is 16.3. The molecule has 28 heavy (non-hydrogen) atoms. The van der Waals surface area contributed by atoms with Crippen molar-refractivity contribution in [3.05, 3.63) is 48.0 Å². The van der Waals surface area contributed by atoms with Gasteiger partial charge in [0.2, 0.25) is 0 Å². The normalized spacial score (nSPS) is 19.6. The van der Waals surface area contributed by atoms with Crippen LogP contribution in [0.3, 0.4) is 0 Å². The van der Waals surface area contributed by atoms with E-state index >= 15 is 0 Å². The molecule has 0 aromatic carbocycles. The molecular weight excluding hydrogens is 370 g/mol. The molecule has 1 N–H and O–H groups in total. The molecule has 0 radical (unpaired) electrons. The lowest BCUT2D eigenvalue weighted by molar-refractivity contribution is 0.0910. The number of piperidine rings is 1. The first kappa shape index (κ1) is 19.5.